The summed E-state index contributed by atoms with van der Waals surface area (Å²) in [5.41, 5.74) is -5.93. The van der Waals surface area contributed by atoms with Gasteiger partial charge in [-0.3, -0.25) is 0 Å². The highest BCUT2D eigenvalue weighted by atomic mass is 16.4. The van der Waals surface area contributed by atoms with Crippen LogP contribution in [-0.2, 0) is 9.59 Å². The molecule has 0 aromatic heterocycles. The minimum atomic E-state index is -2.97. The first-order valence-electron chi connectivity index (χ1n) is 4.24. The van der Waals surface area contributed by atoms with Crippen molar-refractivity contribution in [2.75, 3.05) is 13.1 Å². The molecule has 2 atom stereocenters. The summed E-state index contributed by atoms with van der Waals surface area (Å²) in [6, 6.07) is 0. The number of carboxylic acid groups (broad SMARTS) is 2. The summed E-state index contributed by atoms with van der Waals surface area (Å²) in [6.07, 6.45) is 0. The van der Waals surface area contributed by atoms with Crippen LogP contribution in [0.15, 0.2) is 10.2 Å². The Kier molecular flexibility index (Phi) is 4.87. The number of nitrogens with zero attached hydrogens (tertiary/aromatic N) is 4. The maximum atomic E-state index is 10.6. The van der Waals surface area contributed by atoms with Crippen molar-refractivity contribution in [3.63, 3.8) is 0 Å². The zero-order valence-corrected chi connectivity index (χ0v) is 8.81. The zero-order chi connectivity index (χ0) is 14.4. The van der Waals surface area contributed by atoms with Gasteiger partial charge in [0.2, 0.25) is 0 Å². The van der Waals surface area contributed by atoms with Crippen molar-refractivity contribution in [1.82, 2.24) is 0 Å². The van der Waals surface area contributed by atoms with Gasteiger partial charge in [0.1, 0.15) is 0 Å². The predicted octanol–water partition coefficient (Wildman–Crippen LogP) is -1.18. The van der Waals surface area contributed by atoms with Gasteiger partial charge >= 0.3 is 23.4 Å². The molecule has 0 fully saturated rings. The Balaban J connectivity index is 5.32. The monoisotopic (exact) mass is 256 g/mol. The van der Waals surface area contributed by atoms with Gasteiger partial charge in [-0.2, -0.15) is 0 Å². The molecule has 0 saturated carbocycles. The minimum absolute atomic E-state index is 1.01. The largest absolute Gasteiger partial charge is 0.477 e. The fraction of sp³-hybridized carbons (Fsp3) is 0.500. The first-order chi connectivity index (χ1) is 8.22. The highest BCUT2D eigenvalue weighted by Gasteiger charge is 2.45. The summed E-state index contributed by atoms with van der Waals surface area (Å²) in [7, 11) is 0. The fourth-order valence-corrected chi connectivity index (χ4v) is 0.670. The third-order valence-corrected chi connectivity index (χ3v) is 1.66. The fourth-order valence-electron chi connectivity index (χ4n) is 0.670. The molecule has 0 heterocycles. The van der Waals surface area contributed by atoms with Crippen LogP contribution in [-0.4, -0.2) is 56.9 Å². The maximum Gasteiger partial charge on any atom is 0.369 e. The van der Waals surface area contributed by atoms with Gasteiger partial charge in [-0.1, -0.05) is 0 Å². The summed E-state index contributed by atoms with van der Waals surface area (Å²) in [5.74, 6) is -3.87. The lowest BCUT2D eigenvalue weighted by Crippen LogP contribution is -2.43. The standard InChI is InChI=1S/C8H8N4O6/c1-9-3-7(17,5(13)14)11-12-8(18,4-10-2)6(15)16/h17-18H,3-4H2,(H,13,14)(H,15,16). The molecular weight excluding hydrogens is 248 g/mol. The Morgan fingerprint density at radius 3 is 1.39 bits per heavy atom. The van der Waals surface area contributed by atoms with E-state index in [2.05, 4.69) is 19.9 Å². The second kappa shape index (κ2) is 5.67. The third-order valence-electron chi connectivity index (χ3n) is 1.66. The lowest BCUT2D eigenvalue weighted by Gasteiger charge is -2.14. The molecule has 0 bridgehead atoms. The van der Waals surface area contributed by atoms with Gasteiger partial charge < -0.3 is 30.1 Å². The van der Waals surface area contributed by atoms with E-state index in [0.29, 0.717) is 0 Å². The molecule has 0 rings (SSSR count). The molecule has 0 amide bonds. The molecule has 0 aromatic rings. The van der Waals surface area contributed by atoms with Crippen molar-refractivity contribution in [3.8, 4) is 0 Å². The van der Waals surface area contributed by atoms with Crippen LogP contribution in [0, 0.1) is 13.1 Å². The number of hydrogen-bond donors (Lipinski definition) is 4. The molecule has 4 N–H and O–H groups in total. The summed E-state index contributed by atoms with van der Waals surface area (Å²) in [5, 5.41) is 41.4. The van der Waals surface area contributed by atoms with Crippen LogP contribution in [0.1, 0.15) is 0 Å². The normalized spacial score (nSPS) is 17.1. The zero-order valence-electron chi connectivity index (χ0n) is 8.81. The van der Waals surface area contributed by atoms with E-state index in [9.17, 15) is 19.8 Å². The Morgan fingerprint density at radius 2 is 1.22 bits per heavy atom. The van der Waals surface area contributed by atoms with Crippen LogP contribution in [0.4, 0.5) is 0 Å². The Labute approximate surface area is 100 Å². The van der Waals surface area contributed by atoms with Crippen LogP contribution in [0.3, 0.4) is 0 Å². The van der Waals surface area contributed by atoms with Gasteiger partial charge in [0.05, 0.1) is 0 Å². The predicted molar refractivity (Wildman–Crippen MR) is 53.0 cm³/mol. The number of carboxylic acids is 2. The number of aliphatic carboxylic acids is 2. The van der Waals surface area contributed by atoms with Crippen LogP contribution < -0.4 is 0 Å². The summed E-state index contributed by atoms with van der Waals surface area (Å²) >= 11 is 0. The van der Waals surface area contributed by atoms with Gasteiger partial charge in [-0.05, 0) is 0 Å². The molecule has 18 heavy (non-hydrogen) atoms. The van der Waals surface area contributed by atoms with Crippen molar-refractivity contribution in [2.45, 2.75) is 11.4 Å². The molecule has 10 heteroatoms. The quantitative estimate of drug-likeness (QED) is 0.347. The molecule has 0 radical (unpaired) electrons. The van der Waals surface area contributed by atoms with E-state index in [0.717, 1.165) is 0 Å². The molecule has 96 valence electrons. The smallest absolute Gasteiger partial charge is 0.369 e. The molecule has 0 aliphatic rings. The van der Waals surface area contributed by atoms with E-state index < -0.39 is 36.5 Å². The Hall–Kier alpha value is -2.56. The second-order valence-electron chi connectivity index (χ2n) is 3.08. The Morgan fingerprint density at radius 1 is 0.944 bits per heavy atom. The van der Waals surface area contributed by atoms with Gasteiger partial charge in [-0.15, -0.1) is 10.2 Å². The summed E-state index contributed by atoms with van der Waals surface area (Å²) in [4.78, 5) is 26.4. The average molecular weight is 256 g/mol. The number of rotatable bonds is 6. The number of carbonyl (C=O) groups is 2. The number of aliphatic hydroxyl groups is 2. The van der Waals surface area contributed by atoms with Crippen LogP contribution in [0.2, 0.25) is 0 Å². The maximum absolute atomic E-state index is 10.6. The highest BCUT2D eigenvalue weighted by Crippen LogP contribution is 2.15. The Bertz CT molecular complexity index is 421. The summed E-state index contributed by atoms with van der Waals surface area (Å²) in [6.45, 7) is 10.8. The number of azo groups is 1. The molecule has 2 unspecified atom stereocenters. The average Bonchev–Trinajstić information content (AvgIpc) is 2.27. The second-order valence-corrected chi connectivity index (χ2v) is 3.08. The van der Waals surface area contributed by atoms with E-state index in [1.807, 2.05) is 0 Å². The topological polar surface area (TPSA) is 148 Å². The number of hydrogen-bond acceptors (Lipinski definition) is 6. The SMILES string of the molecule is [C-]#[N+]CC(O)(N=NC(O)(C[N+]#[C-])C(=O)O)C(=O)O. The molecule has 0 saturated heterocycles. The van der Waals surface area contributed by atoms with Gasteiger partial charge in [0.25, 0.3) is 13.1 Å². The van der Waals surface area contributed by atoms with Crippen LogP contribution >= 0.6 is 0 Å². The van der Waals surface area contributed by atoms with Gasteiger partial charge in [-0.25, -0.2) is 22.7 Å². The molecule has 0 aliphatic carbocycles. The molecule has 10 nitrogen and oxygen atoms in total. The van der Waals surface area contributed by atoms with Crippen LogP contribution in [0.25, 0.3) is 9.69 Å². The van der Waals surface area contributed by atoms with E-state index in [1.54, 1.807) is 0 Å². The van der Waals surface area contributed by atoms with Crippen molar-refractivity contribution in [2.24, 2.45) is 10.2 Å². The van der Waals surface area contributed by atoms with E-state index >= 15 is 0 Å². The summed E-state index contributed by atoms with van der Waals surface area (Å²) < 4.78 is 0. The highest BCUT2D eigenvalue weighted by molar-refractivity contribution is 5.78. The first kappa shape index (κ1) is 15.4. The van der Waals surface area contributed by atoms with Crippen molar-refractivity contribution in [3.05, 3.63) is 22.8 Å². The lowest BCUT2D eigenvalue weighted by atomic mass is 10.2. The minimum Gasteiger partial charge on any atom is -0.477 e. The lowest BCUT2D eigenvalue weighted by molar-refractivity contribution is -0.161. The van der Waals surface area contributed by atoms with Gasteiger partial charge in [0.15, 0.2) is 0 Å². The molecule has 0 aliphatic heterocycles. The molecule has 0 aromatic carbocycles. The van der Waals surface area contributed by atoms with E-state index in [1.165, 1.54) is 0 Å². The van der Waals surface area contributed by atoms with Crippen molar-refractivity contribution >= 4 is 11.9 Å². The van der Waals surface area contributed by atoms with Crippen LogP contribution in [0.5, 0.6) is 0 Å². The van der Waals surface area contributed by atoms with E-state index in [4.69, 9.17) is 23.4 Å². The molecule has 0 spiro atoms. The van der Waals surface area contributed by atoms with Gasteiger partial charge in [0, 0.05) is 0 Å². The third kappa shape index (κ3) is 3.48. The molecular formula is C8H8N4O6. The van der Waals surface area contributed by atoms with Crippen molar-refractivity contribution < 1.29 is 30.0 Å². The van der Waals surface area contributed by atoms with Crippen molar-refractivity contribution in [1.29, 1.82) is 0 Å². The first-order valence-corrected chi connectivity index (χ1v) is 4.24. The van der Waals surface area contributed by atoms with E-state index in [-0.39, 0.29) is 0 Å².